The van der Waals surface area contributed by atoms with Gasteiger partial charge in [-0.15, -0.1) is 0 Å². The molecule has 0 amide bonds. The summed E-state index contributed by atoms with van der Waals surface area (Å²) in [4.78, 5) is 0. The molecule has 0 N–H and O–H groups in total. The SMILES string of the molecule is C=C/C=C\C(=C)c1cc(C)on1. The minimum Gasteiger partial charge on any atom is -0.361 e. The maximum atomic E-state index is 4.90. The summed E-state index contributed by atoms with van der Waals surface area (Å²) >= 11 is 0. The van der Waals surface area contributed by atoms with E-state index in [1.807, 2.05) is 25.1 Å². The second kappa shape index (κ2) is 3.72. The second-order valence-electron chi connectivity index (χ2n) is 2.44. The number of nitrogens with zero attached hydrogens (tertiary/aromatic N) is 1. The van der Waals surface area contributed by atoms with E-state index in [0.29, 0.717) is 0 Å². The lowest BCUT2D eigenvalue weighted by Crippen LogP contribution is -1.75. The van der Waals surface area contributed by atoms with Crippen LogP contribution in [0.25, 0.3) is 5.57 Å². The Morgan fingerprint density at radius 3 is 2.92 bits per heavy atom. The van der Waals surface area contributed by atoms with Crippen molar-refractivity contribution >= 4 is 5.57 Å². The van der Waals surface area contributed by atoms with Gasteiger partial charge in [0.2, 0.25) is 0 Å². The maximum absolute atomic E-state index is 4.90. The lowest BCUT2D eigenvalue weighted by atomic mass is 10.2. The molecule has 1 rings (SSSR count). The van der Waals surface area contributed by atoms with Gasteiger partial charge in [-0.3, -0.25) is 0 Å². The Bertz CT molecular complexity index is 320. The van der Waals surface area contributed by atoms with E-state index < -0.39 is 0 Å². The van der Waals surface area contributed by atoms with Crippen molar-refractivity contribution < 1.29 is 4.52 Å². The summed E-state index contributed by atoms with van der Waals surface area (Å²) in [6, 6.07) is 1.84. The lowest BCUT2D eigenvalue weighted by Gasteiger charge is -1.88. The third-order valence-electron chi connectivity index (χ3n) is 1.39. The molecule has 0 unspecified atom stereocenters. The molecule has 0 atom stereocenters. The number of rotatable bonds is 3. The van der Waals surface area contributed by atoms with E-state index in [4.69, 9.17) is 4.52 Å². The highest BCUT2D eigenvalue weighted by Gasteiger charge is 2.00. The Hall–Kier alpha value is -1.57. The molecule has 2 heteroatoms. The zero-order valence-electron chi connectivity index (χ0n) is 7.08. The summed E-state index contributed by atoms with van der Waals surface area (Å²) in [6.45, 7) is 9.23. The van der Waals surface area contributed by atoms with E-state index in [2.05, 4.69) is 18.3 Å². The molecule has 0 aliphatic rings. The molecule has 1 aromatic heterocycles. The zero-order chi connectivity index (χ0) is 8.97. The first-order chi connectivity index (χ1) is 5.74. The highest BCUT2D eigenvalue weighted by atomic mass is 16.5. The van der Waals surface area contributed by atoms with Gasteiger partial charge in [0.1, 0.15) is 11.5 Å². The van der Waals surface area contributed by atoms with Gasteiger partial charge in [-0.05, 0) is 12.5 Å². The van der Waals surface area contributed by atoms with Crippen LogP contribution in [0.15, 0.2) is 42.0 Å². The van der Waals surface area contributed by atoms with Crippen molar-refractivity contribution in [1.29, 1.82) is 0 Å². The molecular formula is C10H11NO. The van der Waals surface area contributed by atoms with Crippen LogP contribution in [0.5, 0.6) is 0 Å². The molecule has 0 aromatic carbocycles. The summed E-state index contributed by atoms with van der Waals surface area (Å²) in [5.74, 6) is 0.790. The third kappa shape index (κ3) is 1.95. The Morgan fingerprint density at radius 2 is 2.42 bits per heavy atom. The van der Waals surface area contributed by atoms with Crippen LogP contribution in [-0.4, -0.2) is 5.16 Å². The molecule has 12 heavy (non-hydrogen) atoms. The van der Waals surface area contributed by atoms with Crippen molar-refractivity contribution in [2.24, 2.45) is 0 Å². The lowest BCUT2D eigenvalue weighted by molar-refractivity contribution is 0.396. The first-order valence-corrected chi connectivity index (χ1v) is 3.65. The fraction of sp³-hybridized carbons (Fsp3) is 0.100. The van der Waals surface area contributed by atoms with Gasteiger partial charge in [-0.1, -0.05) is 36.5 Å². The Labute approximate surface area is 71.9 Å². The van der Waals surface area contributed by atoms with Crippen molar-refractivity contribution in [1.82, 2.24) is 5.16 Å². The van der Waals surface area contributed by atoms with Gasteiger partial charge < -0.3 is 4.52 Å². The van der Waals surface area contributed by atoms with Crippen LogP contribution >= 0.6 is 0 Å². The van der Waals surface area contributed by atoms with E-state index in [-0.39, 0.29) is 0 Å². The molecule has 0 radical (unpaired) electrons. The first kappa shape index (κ1) is 8.53. The molecule has 1 aromatic rings. The summed E-state index contributed by atoms with van der Waals surface area (Å²) in [6.07, 6.45) is 5.34. The molecule has 0 saturated carbocycles. The summed E-state index contributed by atoms with van der Waals surface area (Å²) in [5, 5.41) is 3.81. The van der Waals surface area contributed by atoms with Crippen molar-refractivity contribution in [3.05, 3.63) is 48.9 Å². The molecule has 2 nitrogen and oxygen atoms in total. The number of aromatic nitrogens is 1. The van der Waals surface area contributed by atoms with E-state index in [0.717, 1.165) is 17.0 Å². The van der Waals surface area contributed by atoms with Gasteiger partial charge >= 0.3 is 0 Å². The average Bonchev–Trinajstić information content (AvgIpc) is 2.47. The van der Waals surface area contributed by atoms with E-state index in [9.17, 15) is 0 Å². The van der Waals surface area contributed by atoms with Crippen molar-refractivity contribution in [2.45, 2.75) is 6.92 Å². The summed E-state index contributed by atoms with van der Waals surface area (Å²) < 4.78 is 4.90. The molecule has 0 bridgehead atoms. The van der Waals surface area contributed by atoms with Crippen LogP contribution in [0.4, 0.5) is 0 Å². The van der Waals surface area contributed by atoms with Crippen LogP contribution in [0, 0.1) is 6.92 Å². The van der Waals surface area contributed by atoms with Crippen LogP contribution < -0.4 is 0 Å². The van der Waals surface area contributed by atoms with E-state index in [1.165, 1.54) is 0 Å². The number of allylic oxidation sites excluding steroid dienone is 4. The minimum atomic E-state index is 0.769. The fourth-order valence-electron chi connectivity index (χ4n) is 0.787. The van der Waals surface area contributed by atoms with Crippen LogP contribution in [0.3, 0.4) is 0 Å². The van der Waals surface area contributed by atoms with Gasteiger partial charge in [0.15, 0.2) is 0 Å². The molecular weight excluding hydrogens is 150 g/mol. The van der Waals surface area contributed by atoms with E-state index in [1.54, 1.807) is 6.08 Å². The van der Waals surface area contributed by atoms with Gasteiger partial charge in [0, 0.05) is 6.07 Å². The Balaban J connectivity index is 2.78. The minimum absolute atomic E-state index is 0.769. The van der Waals surface area contributed by atoms with Crippen LogP contribution in [-0.2, 0) is 0 Å². The number of hydrogen-bond donors (Lipinski definition) is 0. The predicted octanol–water partition coefficient (Wildman–Crippen LogP) is 2.74. The highest BCUT2D eigenvalue weighted by molar-refractivity contribution is 5.69. The Morgan fingerprint density at radius 1 is 1.67 bits per heavy atom. The molecule has 0 aliphatic carbocycles. The zero-order valence-corrected chi connectivity index (χ0v) is 7.08. The number of aryl methyl sites for hydroxylation is 1. The third-order valence-corrected chi connectivity index (χ3v) is 1.39. The molecule has 0 fully saturated rings. The molecule has 0 saturated heterocycles. The average molecular weight is 161 g/mol. The molecule has 62 valence electrons. The van der Waals surface area contributed by atoms with E-state index >= 15 is 0 Å². The van der Waals surface area contributed by atoms with Crippen molar-refractivity contribution in [3.8, 4) is 0 Å². The second-order valence-corrected chi connectivity index (χ2v) is 2.44. The van der Waals surface area contributed by atoms with Crippen LogP contribution in [0.1, 0.15) is 11.5 Å². The van der Waals surface area contributed by atoms with Gasteiger partial charge in [0.25, 0.3) is 0 Å². The predicted molar refractivity (Wildman–Crippen MR) is 49.6 cm³/mol. The van der Waals surface area contributed by atoms with Crippen LogP contribution in [0.2, 0.25) is 0 Å². The summed E-state index contributed by atoms with van der Waals surface area (Å²) in [7, 11) is 0. The molecule has 1 heterocycles. The quantitative estimate of drug-likeness (QED) is 0.637. The van der Waals surface area contributed by atoms with Gasteiger partial charge in [0.05, 0.1) is 0 Å². The van der Waals surface area contributed by atoms with Crippen molar-refractivity contribution in [3.63, 3.8) is 0 Å². The summed E-state index contributed by atoms with van der Waals surface area (Å²) in [5.41, 5.74) is 1.59. The highest BCUT2D eigenvalue weighted by Crippen LogP contribution is 2.12. The topological polar surface area (TPSA) is 26.0 Å². The van der Waals surface area contributed by atoms with Gasteiger partial charge in [-0.25, -0.2) is 0 Å². The Kier molecular flexibility index (Phi) is 2.64. The molecule has 0 spiro atoms. The fourth-order valence-corrected chi connectivity index (χ4v) is 0.787. The number of hydrogen-bond acceptors (Lipinski definition) is 2. The van der Waals surface area contributed by atoms with Crippen molar-refractivity contribution in [2.75, 3.05) is 0 Å². The molecule has 0 aliphatic heterocycles. The monoisotopic (exact) mass is 161 g/mol. The van der Waals surface area contributed by atoms with Gasteiger partial charge in [-0.2, -0.15) is 0 Å². The standard InChI is InChI=1S/C10H11NO/c1-4-5-6-8(2)10-7-9(3)12-11-10/h4-7H,1-2H2,3H3/b6-5-. The smallest absolute Gasteiger partial charge is 0.134 e. The first-order valence-electron chi connectivity index (χ1n) is 3.65. The largest absolute Gasteiger partial charge is 0.361 e. The normalized spacial score (nSPS) is 10.4. The maximum Gasteiger partial charge on any atom is 0.134 e.